The van der Waals surface area contributed by atoms with E-state index in [1.165, 1.54) is 0 Å². The molecule has 218 valence electrons. The molecule has 3 rings (SSSR count). The molecule has 0 aliphatic heterocycles. The standard InChI is InChI=1S/C35H49O4P/c1-32(2,3)25-13-17-27(18-14-25)38-40(37,39-28-19-15-26(16-20-28)33(4,5)6)23-24-21-29(34(7,8)9)31(36)30(22-24)35(10,11)12/h13-22,36H,23H2,1-12H3. The number of hydrogen-bond donors (Lipinski definition) is 1. The number of hydrogen-bond acceptors (Lipinski definition) is 4. The summed E-state index contributed by atoms with van der Waals surface area (Å²) in [5, 5.41) is 11.2. The summed E-state index contributed by atoms with van der Waals surface area (Å²) in [6.07, 6.45) is 0.0570. The van der Waals surface area contributed by atoms with E-state index in [2.05, 4.69) is 83.1 Å². The van der Waals surface area contributed by atoms with Gasteiger partial charge in [0.1, 0.15) is 17.2 Å². The zero-order valence-corrected chi connectivity index (χ0v) is 27.5. The normalized spacial score (nSPS) is 13.3. The largest absolute Gasteiger partial charge is 0.507 e. The van der Waals surface area contributed by atoms with Crippen molar-refractivity contribution in [2.24, 2.45) is 0 Å². The van der Waals surface area contributed by atoms with Crippen LogP contribution >= 0.6 is 7.60 Å². The molecule has 4 nitrogen and oxygen atoms in total. The van der Waals surface area contributed by atoms with Crippen LogP contribution < -0.4 is 9.05 Å². The third-order valence-electron chi connectivity index (χ3n) is 7.09. The van der Waals surface area contributed by atoms with Gasteiger partial charge in [-0.05, 0) is 73.7 Å². The third-order valence-corrected chi connectivity index (χ3v) is 8.82. The van der Waals surface area contributed by atoms with Gasteiger partial charge in [-0.1, -0.05) is 119 Å². The number of phenols is 1. The molecular formula is C35H49O4P. The summed E-state index contributed by atoms with van der Waals surface area (Å²) < 4.78 is 27.0. The second-order valence-corrected chi connectivity index (χ2v) is 16.9. The van der Waals surface area contributed by atoms with Gasteiger partial charge >= 0.3 is 7.60 Å². The first-order valence-electron chi connectivity index (χ1n) is 14.1. The van der Waals surface area contributed by atoms with Crippen molar-refractivity contribution in [2.45, 2.75) is 111 Å². The first-order chi connectivity index (χ1) is 18.1. The van der Waals surface area contributed by atoms with Crippen molar-refractivity contribution in [3.05, 3.63) is 88.5 Å². The Morgan fingerprint density at radius 2 is 0.900 bits per heavy atom. The van der Waals surface area contributed by atoms with E-state index in [0.29, 0.717) is 11.5 Å². The Bertz CT molecular complexity index is 1260. The molecule has 0 bridgehead atoms. The van der Waals surface area contributed by atoms with Gasteiger partial charge in [-0.25, -0.2) is 4.57 Å². The Kier molecular flexibility index (Phi) is 8.70. The fourth-order valence-electron chi connectivity index (χ4n) is 4.59. The van der Waals surface area contributed by atoms with Gasteiger partial charge in [0.2, 0.25) is 0 Å². The van der Waals surface area contributed by atoms with Crippen molar-refractivity contribution >= 4 is 7.60 Å². The molecule has 0 saturated carbocycles. The van der Waals surface area contributed by atoms with Gasteiger partial charge in [0, 0.05) is 0 Å². The SMILES string of the molecule is CC(C)(C)c1ccc(OP(=O)(Cc2cc(C(C)(C)C)c(O)c(C(C)(C)C)c2)Oc2ccc(C(C)(C)C)cc2)cc1. The zero-order valence-electron chi connectivity index (χ0n) is 26.6. The summed E-state index contributed by atoms with van der Waals surface area (Å²) in [4.78, 5) is 0. The van der Waals surface area contributed by atoms with Crippen molar-refractivity contribution < 1.29 is 18.7 Å². The van der Waals surface area contributed by atoms with Gasteiger partial charge in [0.05, 0.1) is 6.16 Å². The maximum Gasteiger partial charge on any atom is 0.435 e. The molecule has 3 aromatic carbocycles. The molecule has 0 aromatic heterocycles. The van der Waals surface area contributed by atoms with Crippen LogP contribution in [0.15, 0.2) is 60.7 Å². The average molecular weight is 565 g/mol. The van der Waals surface area contributed by atoms with E-state index in [9.17, 15) is 9.67 Å². The van der Waals surface area contributed by atoms with Gasteiger partial charge in [-0.15, -0.1) is 0 Å². The highest BCUT2D eigenvalue weighted by Crippen LogP contribution is 2.53. The first-order valence-corrected chi connectivity index (χ1v) is 15.9. The van der Waals surface area contributed by atoms with Gasteiger partial charge < -0.3 is 14.2 Å². The van der Waals surface area contributed by atoms with E-state index in [1.807, 2.05) is 60.7 Å². The van der Waals surface area contributed by atoms with Crippen LogP contribution in [0.25, 0.3) is 0 Å². The molecule has 0 spiro atoms. The van der Waals surface area contributed by atoms with Crippen molar-refractivity contribution in [1.82, 2.24) is 0 Å². The van der Waals surface area contributed by atoms with Gasteiger partial charge in [0.25, 0.3) is 0 Å². The smallest absolute Gasteiger partial charge is 0.435 e. The summed E-state index contributed by atoms with van der Waals surface area (Å²) in [5.41, 5.74) is 4.12. The molecule has 0 fully saturated rings. The summed E-state index contributed by atoms with van der Waals surface area (Å²) in [6, 6.07) is 19.3. The van der Waals surface area contributed by atoms with E-state index in [-0.39, 0.29) is 33.6 Å². The van der Waals surface area contributed by atoms with Gasteiger partial charge in [-0.3, -0.25) is 0 Å². The minimum atomic E-state index is -3.74. The van der Waals surface area contributed by atoms with Crippen molar-refractivity contribution in [2.75, 3.05) is 0 Å². The van der Waals surface area contributed by atoms with Crippen LogP contribution in [0.5, 0.6) is 17.2 Å². The highest BCUT2D eigenvalue weighted by atomic mass is 31.2. The fraction of sp³-hybridized carbons (Fsp3) is 0.486. The zero-order chi connectivity index (χ0) is 30.3. The van der Waals surface area contributed by atoms with E-state index >= 15 is 0 Å². The molecule has 0 atom stereocenters. The molecule has 0 unspecified atom stereocenters. The second kappa shape index (κ2) is 10.9. The van der Waals surface area contributed by atoms with E-state index in [0.717, 1.165) is 27.8 Å². The van der Waals surface area contributed by atoms with Crippen LogP contribution in [0.3, 0.4) is 0 Å². The lowest BCUT2D eigenvalue weighted by atomic mass is 9.78. The van der Waals surface area contributed by atoms with Crippen molar-refractivity contribution in [1.29, 1.82) is 0 Å². The molecule has 0 saturated heterocycles. The Balaban J connectivity index is 2.09. The molecule has 0 radical (unpaired) electrons. The van der Waals surface area contributed by atoms with E-state index in [1.54, 1.807) is 0 Å². The van der Waals surface area contributed by atoms with E-state index in [4.69, 9.17) is 9.05 Å². The molecule has 0 aliphatic rings. The first kappa shape index (κ1) is 31.8. The Morgan fingerprint density at radius 3 is 1.18 bits per heavy atom. The molecular weight excluding hydrogens is 515 g/mol. The van der Waals surface area contributed by atoms with Crippen LogP contribution in [0.1, 0.15) is 111 Å². The topological polar surface area (TPSA) is 55.8 Å². The number of phenolic OH excluding ortho intramolecular Hbond substituents is 1. The fourth-order valence-corrected chi connectivity index (χ4v) is 6.27. The molecule has 0 aliphatic carbocycles. The summed E-state index contributed by atoms with van der Waals surface area (Å²) in [7, 11) is -3.74. The van der Waals surface area contributed by atoms with Crippen molar-refractivity contribution in [3.8, 4) is 17.2 Å². The molecule has 1 N–H and O–H groups in total. The van der Waals surface area contributed by atoms with Crippen LogP contribution in [0, 0.1) is 0 Å². The molecule has 40 heavy (non-hydrogen) atoms. The van der Waals surface area contributed by atoms with Crippen LogP contribution in [0.4, 0.5) is 0 Å². The average Bonchev–Trinajstić information content (AvgIpc) is 2.78. The highest BCUT2D eigenvalue weighted by Gasteiger charge is 2.33. The Labute approximate surface area is 242 Å². The van der Waals surface area contributed by atoms with Crippen LogP contribution in [0.2, 0.25) is 0 Å². The molecule has 0 amide bonds. The van der Waals surface area contributed by atoms with Crippen LogP contribution in [-0.2, 0) is 32.4 Å². The highest BCUT2D eigenvalue weighted by molar-refractivity contribution is 7.53. The quantitative estimate of drug-likeness (QED) is 0.303. The van der Waals surface area contributed by atoms with Gasteiger partial charge in [-0.2, -0.15) is 0 Å². The van der Waals surface area contributed by atoms with Crippen LogP contribution in [-0.4, -0.2) is 5.11 Å². The Morgan fingerprint density at radius 1 is 0.575 bits per heavy atom. The summed E-state index contributed by atoms with van der Waals surface area (Å²) in [6.45, 7) is 25.3. The number of rotatable bonds is 6. The summed E-state index contributed by atoms with van der Waals surface area (Å²) in [5.74, 6) is 1.28. The lowest BCUT2D eigenvalue weighted by molar-refractivity contribution is 0.383. The van der Waals surface area contributed by atoms with E-state index < -0.39 is 7.60 Å². The minimum absolute atomic E-state index is 0.00766. The molecule has 0 heterocycles. The predicted octanol–water partition coefficient (Wildman–Crippen LogP) is 10.4. The van der Waals surface area contributed by atoms with Gasteiger partial charge in [0.15, 0.2) is 0 Å². The minimum Gasteiger partial charge on any atom is -0.507 e. The molecule has 3 aromatic rings. The monoisotopic (exact) mass is 564 g/mol. The lowest BCUT2D eigenvalue weighted by Crippen LogP contribution is -2.18. The number of benzene rings is 3. The maximum atomic E-state index is 14.6. The Hall–Kier alpha value is -2.71. The second-order valence-electron chi connectivity index (χ2n) is 15.0. The van der Waals surface area contributed by atoms with Crippen molar-refractivity contribution in [3.63, 3.8) is 0 Å². The summed E-state index contributed by atoms with van der Waals surface area (Å²) >= 11 is 0. The molecule has 5 heteroatoms. The lowest BCUT2D eigenvalue weighted by Gasteiger charge is -2.29. The maximum absolute atomic E-state index is 14.6. The number of aromatic hydroxyl groups is 1. The third kappa shape index (κ3) is 7.94. The predicted molar refractivity (Wildman–Crippen MR) is 168 cm³/mol.